The maximum Gasteiger partial charge on any atom is 0.336 e. The molecule has 4 rings (SSSR count). The summed E-state index contributed by atoms with van der Waals surface area (Å²) >= 11 is 3.15. The van der Waals surface area contributed by atoms with Gasteiger partial charge in [0.2, 0.25) is 0 Å². The molecule has 0 unspecified atom stereocenters. The molecule has 0 saturated heterocycles. The van der Waals surface area contributed by atoms with E-state index in [4.69, 9.17) is 4.42 Å². The quantitative estimate of drug-likeness (QED) is 0.314. The van der Waals surface area contributed by atoms with Gasteiger partial charge in [0.25, 0.3) is 0 Å². The molecule has 2 aromatic heterocycles. The Morgan fingerprint density at radius 3 is 2.87 bits per heavy atom. The molecule has 0 spiro atoms. The third kappa shape index (κ3) is 2.75. The minimum absolute atomic E-state index is 0.322. The molecule has 0 amide bonds. The molecular weight excluding hydrogens is 328 g/mol. The van der Waals surface area contributed by atoms with Crippen molar-refractivity contribution in [3.05, 3.63) is 63.5 Å². The molecule has 0 atom stereocenters. The molecule has 0 bridgehead atoms. The largest absolute Gasteiger partial charge is 0.423 e. The van der Waals surface area contributed by atoms with E-state index in [9.17, 15) is 4.79 Å². The fraction of sp³-hybridized carbons (Fsp3) is 0.118. The van der Waals surface area contributed by atoms with E-state index < -0.39 is 0 Å². The minimum Gasteiger partial charge on any atom is -0.423 e. The van der Waals surface area contributed by atoms with Crippen LogP contribution < -0.4 is 5.63 Å². The molecule has 4 nitrogen and oxygen atoms in total. The van der Waals surface area contributed by atoms with Crippen LogP contribution in [0.4, 0.5) is 0 Å². The van der Waals surface area contributed by atoms with E-state index in [1.165, 1.54) is 0 Å². The molecule has 2 heterocycles. The first kappa shape index (κ1) is 14.4. The Kier molecular flexibility index (Phi) is 3.63. The zero-order chi connectivity index (χ0) is 15.8. The lowest BCUT2D eigenvalue weighted by Crippen LogP contribution is -2.00. The highest BCUT2D eigenvalue weighted by Gasteiger charge is 2.11. The first-order chi connectivity index (χ1) is 11.2. The standard InChI is InChI=1S/C17H12N2O2S2/c1-10-18-19-17(23-10)22-9-12-8-15(20)21-14-7-6-11-4-2-3-5-13(11)16(12)14/h2-8H,9H2,1H3. The van der Waals surface area contributed by atoms with E-state index in [0.717, 1.165) is 31.1 Å². The second kappa shape index (κ2) is 5.79. The predicted molar refractivity (Wildman–Crippen MR) is 94.2 cm³/mol. The van der Waals surface area contributed by atoms with Crippen LogP contribution in [0.2, 0.25) is 0 Å². The number of fused-ring (bicyclic) bond motifs is 3. The number of hydrogen-bond donors (Lipinski definition) is 0. The topological polar surface area (TPSA) is 56.0 Å². The number of benzene rings is 2. The summed E-state index contributed by atoms with van der Waals surface area (Å²) in [6.45, 7) is 1.93. The van der Waals surface area contributed by atoms with Gasteiger partial charge in [-0.1, -0.05) is 53.4 Å². The van der Waals surface area contributed by atoms with Crippen LogP contribution >= 0.6 is 23.1 Å². The second-order valence-electron chi connectivity index (χ2n) is 5.13. The maximum atomic E-state index is 11.9. The van der Waals surface area contributed by atoms with E-state index in [0.29, 0.717) is 11.3 Å². The molecule has 0 saturated carbocycles. The van der Waals surface area contributed by atoms with Crippen molar-refractivity contribution in [2.45, 2.75) is 17.0 Å². The zero-order valence-electron chi connectivity index (χ0n) is 12.3. The molecule has 0 fully saturated rings. The highest BCUT2D eigenvalue weighted by atomic mass is 32.2. The van der Waals surface area contributed by atoms with Crippen LogP contribution in [0, 0.1) is 6.92 Å². The lowest BCUT2D eigenvalue weighted by atomic mass is 10.0. The summed E-state index contributed by atoms with van der Waals surface area (Å²) in [5, 5.41) is 12.3. The van der Waals surface area contributed by atoms with Crippen molar-refractivity contribution < 1.29 is 4.42 Å². The summed E-state index contributed by atoms with van der Waals surface area (Å²) in [5.74, 6) is 0.657. The van der Waals surface area contributed by atoms with Gasteiger partial charge in [0.05, 0.1) is 0 Å². The van der Waals surface area contributed by atoms with Crippen LogP contribution in [0.25, 0.3) is 21.7 Å². The van der Waals surface area contributed by atoms with Crippen LogP contribution in [0.1, 0.15) is 10.6 Å². The van der Waals surface area contributed by atoms with E-state index in [-0.39, 0.29) is 5.63 Å². The van der Waals surface area contributed by atoms with E-state index in [1.54, 1.807) is 29.2 Å². The molecule has 4 aromatic rings. The normalized spacial score (nSPS) is 11.3. The smallest absolute Gasteiger partial charge is 0.336 e. The number of hydrogen-bond acceptors (Lipinski definition) is 6. The Balaban J connectivity index is 1.86. The number of rotatable bonds is 3. The summed E-state index contributed by atoms with van der Waals surface area (Å²) < 4.78 is 6.28. The third-order valence-electron chi connectivity index (χ3n) is 3.57. The first-order valence-electron chi connectivity index (χ1n) is 7.08. The summed E-state index contributed by atoms with van der Waals surface area (Å²) in [7, 11) is 0. The molecule has 23 heavy (non-hydrogen) atoms. The van der Waals surface area contributed by atoms with Gasteiger partial charge >= 0.3 is 5.63 Å². The van der Waals surface area contributed by atoms with Crippen LogP contribution in [0.3, 0.4) is 0 Å². The molecule has 2 aromatic carbocycles. The lowest BCUT2D eigenvalue weighted by Gasteiger charge is -2.07. The summed E-state index contributed by atoms with van der Waals surface area (Å²) in [5.41, 5.74) is 1.27. The summed E-state index contributed by atoms with van der Waals surface area (Å²) in [6.07, 6.45) is 0. The summed E-state index contributed by atoms with van der Waals surface area (Å²) in [6, 6.07) is 13.5. The molecule has 6 heteroatoms. The molecular formula is C17H12N2O2S2. The predicted octanol–water partition coefficient (Wildman–Crippen LogP) is 4.40. The molecule has 0 aliphatic rings. The highest BCUT2D eigenvalue weighted by Crippen LogP contribution is 2.32. The van der Waals surface area contributed by atoms with Crippen molar-refractivity contribution >= 4 is 44.8 Å². The van der Waals surface area contributed by atoms with Gasteiger partial charge in [-0.3, -0.25) is 0 Å². The second-order valence-corrected chi connectivity index (χ2v) is 7.53. The van der Waals surface area contributed by atoms with E-state index in [2.05, 4.69) is 22.3 Å². The van der Waals surface area contributed by atoms with Crippen LogP contribution in [-0.2, 0) is 5.75 Å². The monoisotopic (exact) mass is 340 g/mol. The number of aromatic nitrogens is 2. The number of nitrogens with zero attached hydrogens (tertiary/aromatic N) is 2. The van der Waals surface area contributed by atoms with Crippen molar-refractivity contribution in [3.8, 4) is 0 Å². The van der Waals surface area contributed by atoms with Gasteiger partial charge in [-0.2, -0.15) is 0 Å². The average molecular weight is 340 g/mol. The van der Waals surface area contributed by atoms with Crippen LogP contribution in [0.15, 0.2) is 56.0 Å². The average Bonchev–Trinajstić information content (AvgIpc) is 2.97. The van der Waals surface area contributed by atoms with Crippen LogP contribution in [-0.4, -0.2) is 10.2 Å². The van der Waals surface area contributed by atoms with Gasteiger partial charge < -0.3 is 4.42 Å². The van der Waals surface area contributed by atoms with Gasteiger partial charge in [-0.15, -0.1) is 10.2 Å². The van der Waals surface area contributed by atoms with Crippen molar-refractivity contribution in [1.29, 1.82) is 0 Å². The lowest BCUT2D eigenvalue weighted by molar-refractivity contribution is 0.560. The number of aryl methyl sites for hydroxylation is 1. The fourth-order valence-corrected chi connectivity index (χ4v) is 4.41. The fourth-order valence-electron chi connectivity index (χ4n) is 2.61. The van der Waals surface area contributed by atoms with Gasteiger partial charge in [-0.05, 0) is 29.3 Å². The highest BCUT2D eigenvalue weighted by molar-refractivity contribution is 8.00. The van der Waals surface area contributed by atoms with E-state index >= 15 is 0 Å². The minimum atomic E-state index is -0.322. The van der Waals surface area contributed by atoms with Gasteiger partial charge in [0.1, 0.15) is 10.6 Å². The van der Waals surface area contributed by atoms with Crippen LogP contribution in [0.5, 0.6) is 0 Å². The van der Waals surface area contributed by atoms with Crippen molar-refractivity contribution in [1.82, 2.24) is 10.2 Å². The van der Waals surface area contributed by atoms with Gasteiger partial charge in [-0.25, -0.2) is 4.79 Å². The molecule has 0 aliphatic heterocycles. The molecule has 0 aliphatic carbocycles. The van der Waals surface area contributed by atoms with Gasteiger partial charge in [0, 0.05) is 17.2 Å². The molecule has 114 valence electrons. The molecule has 0 N–H and O–H groups in total. The Labute approximate surface area is 140 Å². The molecule has 0 radical (unpaired) electrons. The Bertz CT molecular complexity index is 1070. The SMILES string of the molecule is Cc1nnc(SCc2cc(=O)oc3ccc4ccccc4c23)s1. The Morgan fingerprint density at radius 2 is 2.04 bits per heavy atom. The number of thioether (sulfide) groups is 1. The maximum absolute atomic E-state index is 11.9. The first-order valence-corrected chi connectivity index (χ1v) is 8.88. The van der Waals surface area contributed by atoms with E-state index in [1.807, 2.05) is 31.2 Å². The van der Waals surface area contributed by atoms with Crippen molar-refractivity contribution in [3.63, 3.8) is 0 Å². The van der Waals surface area contributed by atoms with Gasteiger partial charge in [0.15, 0.2) is 4.34 Å². The van der Waals surface area contributed by atoms with Crippen molar-refractivity contribution in [2.24, 2.45) is 0 Å². The van der Waals surface area contributed by atoms with Crippen molar-refractivity contribution in [2.75, 3.05) is 0 Å². The zero-order valence-corrected chi connectivity index (χ0v) is 13.9. The summed E-state index contributed by atoms with van der Waals surface area (Å²) in [4.78, 5) is 11.9. The third-order valence-corrected chi connectivity index (χ3v) is 5.59. The Hall–Kier alpha value is -2.18. The Morgan fingerprint density at radius 1 is 1.17 bits per heavy atom.